The summed E-state index contributed by atoms with van der Waals surface area (Å²) >= 11 is 0. The molecule has 2 fully saturated rings. The van der Waals surface area contributed by atoms with Crippen molar-refractivity contribution in [1.82, 2.24) is 4.90 Å². The highest BCUT2D eigenvalue weighted by atomic mass is 16.7. The molecule has 2 atom stereocenters. The summed E-state index contributed by atoms with van der Waals surface area (Å²) in [5.41, 5.74) is 5.87. The maximum atomic E-state index is 5.87. The molecule has 4 heteroatoms. The predicted octanol–water partition coefficient (Wildman–Crippen LogP) is 0.561. The van der Waals surface area contributed by atoms with Crippen molar-refractivity contribution in [2.45, 2.75) is 44.1 Å². The summed E-state index contributed by atoms with van der Waals surface area (Å²) in [5.74, 6) is 0. The summed E-state index contributed by atoms with van der Waals surface area (Å²) in [6, 6.07) is 0.414. The Kier molecular flexibility index (Phi) is 3.97. The smallest absolute Gasteiger partial charge is 0.157 e. The van der Waals surface area contributed by atoms with Gasteiger partial charge in [0.25, 0.3) is 0 Å². The Morgan fingerprint density at radius 2 is 2.00 bits per heavy atom. The molecule has 2 N–H and O–H groups in total. The number of hydrogen-bond donors (Lipinski definition) is 1. The first-order valence-corrected chi connectivity index (χ1v) is 5.94. The molecule has 2 unspecified atom stereocenters. The number of nitrogens with zero attached hydrogens (tertiary/aromatic N) is 1. The van der Waals surface area contributed by atoms with Crippen LogP contribution in [0.25, 0.3) is 0 Å². The third-order valence-electron chi connectivity index (χ3n) is 3.43. The van der Waals surface area contributed by atoms with Crippen molar-refractivity contribution in [2.24, 2.45) is 5.73 Å². The van der Waals surface area contributed by atoms with Crippen LogP contribution in [0.15, 0.2) is 0 Å². The van der Waals surface area contributed by atoms with E-state index in [1.807, 2.05) is 0 Å². The molecule has 2 heterocycles. The number of nitrogens with two attached hydrogens (primary N) is 1. The Morgan fingerprint density at radius 1 is 1.27 bits per heavy atom. The fraction of sp³-hybridized carbons (Fsp3) is 1.00. The summed E-state index contributed by atoms with van der Waals surface area (Å²) in [4.78, 5) is 2.46. The molecule has 0 radical (unpaired) electrons. The van der Waals surface area contributed by atoms with Crippen LogP contribution < -0.4 is 5.73 Å². The van der Waals surface area contributed by atoms with Gasteiger partial charge in [-0.1, -0.05) is 0 Å². The van der Waals surface area contributed by atoms with E-state index >= 15 is 0 Å². The standard InChI is InChI=1S/C11H22N2O2/c1-14-11-3-2-10(15-11)8-13-6-4-9(12)5-7-13/h9-11H,2-8,12H2,1H3. The summed E-state index contributed by atoms with van der Waals surface area (Å²) in [6.07, 6.45) is 4.81. The van der Waals surface area contributed by atoms with Crippen LogP contribution in [0.3, 0.4) is 0 Å². The fourth-order valence-corrected chi connectivity index (χ4v) is 2.40. The van der Waals surface area contributed by atoms with Gasteiger partial charge in [-0.3, -0.25) is 0 Å². The Bertz CT molecular complexity index is 193. The molecule has 2 aliphatic heterocycles. The average Bonchev–Trinajstić information content (AvgIpc) is 2.69. The lowest BCUT2D eigenvalue weighted by atomic mass is 10.1. The molecular formula is C11H22N2O2. The summed E-state index contributed by atoms with van der Waals surface area (Å²) < 4.78 is 10.9. The summed E-state index contributed by atoms with van der Waals surface area (Å²) in [6.45, 7) is 3.30. The third kappa shape index (κ3) is 3.14. The molecule has 0 bridgehead atoms. The van der Waals surface area contributed by atoms with Crippen molar-refractivity contribution in [2.75, 3.05) is 26.7 Å². The number of methoxy groups -OCH3 is 1. The van der Waals surface area contributed by atoms with Gasteiger partial charge in [-0.25, -0.2) is 0 Å². The minimum Gasteiger partial charge on any atom is -0.356 e. The van der Waals surface area contributed by atoms with Gasteiger partial charge in [-0.2, -0.15) is 0 Å². The molecule has 0 spiro atoms. The minimum absolute atomic E-state index is 0.0297. The van der Waals surface area contributed by atoms with Crippen LogP contribution in [0.5, 0.6) is 0 Å². The molecule has 0 aromatic heterocycles. The zero-order valence-electron chi connectivity index (χ0n) is 9.52. The first kappa shape index (κ1) is 11.3. The van der Waals surface area contributed by atoms with Crippen molar-refractivity contribution < 1.29 is 9.47 Å². The van der Waals surface area contributed by atoms with Gasteiger partial charge >= 0.3 is 0 Å². The zero-order valence-corrected chi connectivity index (χ0v) is 9.52. The molecule has 0 aromatic carbocycles. The lowest BCUT2D eigenvalue weighted by Crippen LogP contribution is -2.42. The summed E-state index contributed by atoms with van der Waals surface area (Å²) in [5, 5.41) is 0. The van der Waals surface area contributed by atoms with Crippen LogP contribution in [0.2, 0.25) is 0 Å². The first-order valence-electron chi connectivity index (χ1n) is 5.94. The summed E-state index contributed by atoms with van der Waals surface area (Å²) in [7, 11) is 1.72. The van der Waals surface area contributed by atoms with E-state index in [4.69, 9.17) is 15.2 Å². The van der Waals surface area contributed by atoms with E-state index in [9.17, 15) is 0 Å². The van der Waals surface area contributed by atoms with Crippen molar-refractivity contribution in [3.05, 3.63) is 0 Å². The highest BCUT2D eigenvalue weighted by Gasteiger charge is 2.27. The molecule has 0 aliphatic carbocycles. The maximum absolute atomic E-state index is 5.87. The van der Waals surface area contributed by atoms with E-state index in [-0.39, 0.29) is 6.29 Å². The topological polar surface area (TPSA) is 47.7 Å². The van der Waals surface area contributed by atoms with Crippen molar-refractivity contribution in [3.8, 4) is 0 Å². The molecule has 0 amide bonds. The minimum atomic E-state index is 0.0297. The highest BCUT2D eigenvalue weighted by molar-refractivity contribution is 4.78. The molecule has 2 aliphatic rings. The number of ether oxygens (including phenoxy) is 2. The maximum Gasteiger partial charge on any atom is 0.157 e. The van der Waals surface area contributed by atoms with E-state index in [1.165, 1.54) is 0 Å². The van der Waals surface area contributed by atoms with E-state index in [2.05, 4.69) is 4.90 Å². The largest absolute Gasteiger partial charge is 0.356 e. The number of likely N-dealkylation sites (tertiary alicyclic amines) is 1. The van der Waals surface area contributed by atoms with Crippen LogP contribution in [0.1, 0.15) is 25.7 Å². The van der Waals surface area contributed by atoms with Crippen LogP contribution >= 0.6 is 0 Å². The number of hydrogen-bond acceptors (Lipinski definition) is 4. The molecule has 15 heavy (non-hydrogen) atoms. The second-order valence-electron chi connectivity index (χ2n) is 4.64. The number of piperidine rings is 1. The molecule has 4 nitrogen and oxygen atoms in total. The Balaban J connectivity index is 1.69. The Morgan fingerprint density at radius 3 is 2.60 bits per heavy atom. The van der Waals surface area contributed by atoms with Gasteiger partial charge in [-0.05, 0) is 32.4 Å². The van der Waals surface area contributed by atoms with E-state index in [0.29, 0.717) is 12.1 Å². The molecule has 88 valence electrons. The van der Waals surface area contributed by atoms with Crippen molar-refractivity contribution >= 4 is 0 Å². The second kappa shape index (κ2) is 5.25. The normalized spacial score (nSPS) is 34.8. The first-order chi connectivity index (χ1) is 7.28. The molecule has 0 aromatic rings. The van der Waals surface area contributed by atoms with Gasteiger partial charge in [0.05, 0.1) is 6.10 Å². The van der Waals surface area contributed by atoms with Gasteiger partial charge in [-0.15, -0.1) is 0 Å². The lowest BCUT2D eigenvalue weighted by molar-refractivity contribution is -0.119. The van der Waals surface area contributed by atoms with Gasteiger partial charge in [0.15, 0.2) is 6.29 Å². The van der Waals surface area contributed by atoms with Gasteiger partial charge in [0.2, 0.25) is 0 Å². The highest BCUT2D eigenvalue weighted by Crippen LogP contribution is 2.21. The van der Waals surface area contributed by atoms with Crippen molar-refractivity contribution in [1.29, 1.82) is 0 Å². The SMILES string of the molecule is COC1CCC(CN2CCC(N)CC2)O1. The Labute approximate surface area is 91.7 Å². The van der Waals surface area contributed by atoms with Gasteiger partial charge in [0.1, 0.15) is 0 Å². The second-order valence-corrected chi connectivity index (χ2v) is 4.64. The predicted molar refractivity (Wildman–Crippen MR) is 58.6 cm³/mol. The van der Waals surface area contributed by atoms with Gasteiger partial charge in [0, 0.05) is 26.1 Å². The lowest BCUT2D eigenvalue weighted by Gasteiger charge is -2.31. The zero-order chi connectivity index (χ0) is 10.7. The molecule has 0 saturated carbocycles. The van der Waals surface area contributed by atoms with Crippen molar-refractivity contribution in [3.63, 3.8) is 0 Å². The van der Waals surface area contributed by atoms with E-state index in [1.54, 1.807) is 7.11 Å². The fourth-order valence-electron chi connectivity index (χ4n) is 2.40. The van der Waals surface area contributed by atoms with Crippen LogP contribution in [0, 0.1) is 0 Å². The third-order valence-corrected chi connectivity index (χ3v) is 3.43. The molecular weight excluding hydrogens is 192 g/mol. The number of rotatable bonds is 3. The van der Waals surface area contributed by atoms with Crippen LogP contribution in [0.4, 0.5) is 0 Å². The average molecular weight is 214 g/mol. The van der Waals surface area contributed by atoms with Crippen LogP contribution in [-0.4, -0.2) is 50.1 Å². The van der Waals surface area contributed by atoms with E-state index in [0.717, 1.165) is 45.3 Å². The van der Waals surface area contributed by atoms with Crippen LogP contribution in [-0.2, 0) is 9.47 Å². The Hall–Kier alpha value is -0.160. The quantitative estimate of drug-likeness (QED) is 0.746. The monoisotopic (exact) mass is 214 g/mol. The molecule has 2 rings (SSSR count). The molecule has 2 saturated heterocycles. The van der Waals surface area contributed by atoms with E-state index < -0.39 is 0 Å². The van der Waals surface area contributed by atoms with Gasteiger partial charge < -0.3 is 20.1 Å².